The maximum atomic E-state index is 12.7. The molecule has 0 atom stereocenters. The van der Waals surface area contributed by atoms with Gasteiger partial charge in [0.25, 0.3) is 0 Å². The van der Waals surface area contributed by atoms with Crippen molar-refractivity contribution in [1.29, 1.82) is 0 Å². The molecule has 0 saturated carbocycles. The zero-order valence-corrected chi connectivity index (χ0v) is 13.5. The van der Waals surface area contributed by atoms with Crippen molar-refractivity contribution in [2.24, 2.45) is 5.41 Å². The predicted octanol–water partition coefficient (Wildman–Crippen LogP) is 3.67. The molecule has 2 heterocycles. The van der Waals surface area contributed by atoms with E-state index >= 15 is 0 Å². The fraction of sp³-hybridized carbons (Fsp3) is 0.467. The Hall–Kier alpha value is -1.17. The van der Waals surface area contributed by atoms with Gasteiger partial charge in [-0.25, -0.2) is 4.98 Å². The summed E-state index contributed by atoms with van der Waals surface area (Å²) in [4.78, 5) is 17.1. The first-order valence-corrected chi connectivity index (χ1v) is 8.41. The SMILES string of the molecule is CCC1(C(=O)Nc2nc3ccc(Cl)cc3s2)CCNCC1. The number of thiazole rings is 1. The highest BCUT2D eigenvalue weighted by atomic mass is 35.5. The Labute approximate surface area is 132 Å². The number of piperidine rings is 1. The fourth-order valence-corrected chi connectivity index (χ4v) is 3.97. The quantitative estimate of drug-likeness (QED) is 0.906. The van der Waals surface area contributed by atoms with Gasteiger partial charge in [0.1, 0.15) is 0 Å². The van der Waals surface area contributed by atoms with Crippen molar-refractivity contribution in [2.45, 2.75) is 26.2 Å². The van der Waals surface area contributed by atoms with E-state index in [0.717, 1.165) is 42.6 Å². The average Bonchev–Trinajstić information content (AvgIpc) is 2.89. The monoisotopic (exact) mass is 323 g/mol. The molecule has 1 aromatic carbocycles. The lowest BCUT2D eigenvalue weighted by Gasteiger charge is -2.34. The summed E-state index contributed by atoms with van der Waals surface area (Å²) in [5.41, 5.74) is 0.608. The van der Waals surface area contributed by atoms with Crippen LogP contribution in [-0.4, -0.2) is 24.0 Å². The molecule has 4 nitrogen and oxygen atoms in total. The summed E-state index contributed by atoms with van der Waals surface area (Å²) in [6.45, 7) is 3.89. The van der Waals surface area contributed by atoms with Crippen molar-refractivity contribution < 1.29 is 4.79 Å². The highest BCUT2D eigenvalue weighted by Crippen LogP contribution is 2.35. The Balaban J connectivity index is 1.81. The standard InChI is InChI=1S/C15H18ClN3OS/c1-2-15(5-7-17-8-6-15)13(20)19-14-18-11-4-3-10(16)9-12(11)21-14/h3-4,9,17H,2,5-8H2,1H3,(H,18,19,20). The van der Waals surface area contributed by atoms with Crippen LogP contribution in [0.15, 0.2) is 18.2 Å². The number of fused-ring (bicyclic) bond motifs is 1. The molecule has 0 radical (unpaired) electrons. The summed E-state index contributed by atoms with van der Waals surface area (Å²) in [5, 5.41) is 7.67. The van der Waals surface area contributed by atoms with Gasteiger partial charge in [0, 0.05) is 5.02 Å². The third-order valence-corrected chi connectivity index (χ3v) is 5.46. The van der Waals surface area contributed by atoms with Gasteiger partial charge in [-0.1, -0.05) is 29.9 Å². The number of benzene rings is 1. The van der Waals surface area contributed by atoms with Crippen LogP contribution >= 0.6 is 22.9 Å². The second-order valence-corrected chi connectivity index (χ2v) is 6.94. The molecule has 1 aromatic heterocycles. The number of rotatable bonds is 3. The third-order valence-electron chi connectivity index (χ3n) is 4.29. The van der Waals surface area contributed by atoms with E-state index < -0.39 is 0 Å². The fourth-order valence-electron chi connectivity index (χ4n) is 2.83. The summed E-state index contributed by atoms with van der Waals surface area (Å²) in [5.74, 6) is 0.0941. The highest BCUT2D eigenvalue weighted by Gasteiger charge is 2.38. The van der Waals surface area contributed by atoms with Gasteiger partial charge < -0.3 is 10.6 Å². The number of nitrogens with one attached hydrogen (secondary N) is 2. The van der Waals surface area contributed by atoms with Crippen molar-refractivity contribution in [3.05, 3.63) is 23.2 Å². The smallest absolute Gasteiger partial charge is 0.232 e. The summed E-state index contributed by atoms with van der Waals surface area (Å²) in [6.07, 6.45) is 2.62. The number of amides is 1. The first-order valence-electron chi connectivity index (χ1n) is 7.21. The molecule has 0 bridgehead atoms. The van der Waals surface area contributed by atoms with E-state index in [4.69, 9.17) is 11.6 Å². The molecule has 1 amide bonds. The number of aromatic nitrogens is 1. The molecule has 2 N–H and O–H groups in total. The summed E-state index contributed by atoms with van der Waals surface area (Å²) >= 11 is 7.45. The largest absolute Gasteiger partial charge is 0.317 e. The van der Waals surface area contributed by atoms with E-state index in [1.54, 1.807) is 0 Å². The molecule has 21 heavy (non-hydrogen) atoms. The summed E-state index contributed by atoms with van der Waals surface area (Å²) < 4.78 is 0.994. The van der Waals surface area contributed by atoms with Gasteiger partial charge in [0.05, 0.1) is 15.6 Å². The molecule has 1 aliphatic rings. The van der Waals surface area contributed by atoms with Crippen molar-refractivity contribution >= 4 is 44.2 Å². The minimum Gasteiger partial charge on any atom is -0.317 e. The Morgan fingerprint density at radius 2 is 2.24 bits per heavy atom. The Morgan fingerprint density at radius 1 is 1.48 bits per heavy atom. The molecule has 0 spiro atoms. The number of nitrogens with zero attached hydrogens (tertiary/aromatic N) is 1. The lowest BCUT2D eigenvalue weighted by molar-refractivity contribution is -0.127. The molecule has 1 aliphatic heterocycles. The van der Waals surface area contributed by atoms with Gasteiger partial charge >= 0.3 is 0 Å². The second-order valence-electron chi connectivity index (χ2n) is 5.47. The zero-order valence-electron chi connectivity index (χ0n) is 11.9. The maximum Gasteiger partial charge on any atom is 0.232 e. The number of anilines is 1. The van der Waals surface area contributed by atoms with Crippen LogP contribution < -0.4 is 10.6 Å². The molecule has 112 valence electrons. The highest BCUT2D eigenvalue weighted by molar-refractivity contribution is 7.22. The van der Waals surface area contributed by atoms with Gasteiger partial charge in [-0.3, -0.25) is 4.79 Å². The van der Waals surface area contributed by atoms with E-state index in [2.05, 4.69) is 22.5 Å². The Kier molecular flexibility index (Phi) is 4.15. The van der Waals surface area contributed by atoms with E-state index in [1.165, 1.54) is 11.3 Å². The number of hydrogen-bond donors (Lipinski definition) is 2. The van der Waals surface area contributed by atoms with Gasteiger partial charge in [-0.15, -0.1) is 0 Å². The van der Waals surface area contributed by atoms with Crippen LogP contribution in [0.3, 0.4) is 0 Å². The lowest BCUT2D eigenvalue weighted by Crippen LogP contribution is -2.44. The van der Waals surface area contributed by atoms with Crippen LogP contribution in [0.4, 0.5) is 5.13 Å². The topological polar surface area (TPSA) is 54.0 Å². The van der Waals surface area contributed by atoms with Crippen molar-refractivity contribution in [2.75, 3.05) is 18.4 Å². The normalized spacial score (nSPS) is 17.8. The van der Waals surface area contributed by atoms with Gasteiger partial charge in [-0.05, 0) is 50.6 Å². The van der Waals surface area contributed by atoms with Crippen molar-refractivity contribution in [3.63, 3.8) is 0 Å². The minimum absolute atomic E-state index is 0.0941. The van der Waals surface area contributed by atoms with Crippen molar-refractivity contribution in [3.8, 4) is 0 Å². The number of carbonyl (C=O) groups excluding carboxylic acids is 1. The molecule has 0 unspecified atom stereocenters. The predicted molar refractivity (Wildman–Crippen MR) is 88.1 cm³/mol. The van der Waals surface area contributed by atoms with Gasteiger partial charge in [-0.2, -0.15) is 0 Å². The van der Waals surface area contributed by atoms with E-state index in [9.17, 15) is 4.79 Å². The Bertz CT molecular complexity index is 664. The number of carbonyl (C=O) groups is 1. The molecular formula is C15H18ClN3OS. The lowest BCUT2D eigenvalue weighted by atomic mass is 9.76. The number of halogens is 1. The molecule has 2 aromatic rings. The van der Waals surface area contributed by atoms with Crippen LogP contribution in [0.2, 0.25) is 5.02 Å². The second kappa shape index (κ2) is 5.91. The van der Waals surface area contributed by atoms with Crippen LogP contribution in [0.25, 0.3) is 10.2 Å². The molecule has 1 fully saturated rings. The maximum absolute atomic E-state index is 12.7. The number of hydrogen-bond acceptors (Lipinski definition) is 4. The molecule has 1 saturated heterocycles. The van der Waals surface area contributed by atoms with E-state index in [0.29, 0.717) is 10.2 Å². The van der Waals surface area contributed by atoms with Gasteiger partial charge in [0.2, 0.25) is 5.91 Å². The average molecular weight is 324 g/mol. The summed E-state index contributed by atoms with van der Waals surface area (Å²) in [7, 11) is 0. The first-order chi connectivity index (χ1) is 10.1. The van der Waals surface area contributed by atoms with Crippen molar-refractivity contribution in [1.82, 2.24) is 10.3 Å². The van der Waals surface area contributed by atoms with E-state index in [1.807, 2.05) is 18.2 Å². The first kappa shape index (κ1) is 14.8. The van der Waals surface area contributed by atoms with Crippen LogP contribution in [0, 0.1) is 5.41 Å². The van der Waals surface area contributed by atoms with Crippen LogP contribution in [0.5, 0.6) is 0 Å². The molecule has 3 rings (SSSR count). The van der Waals surface area contributed by atoms with E-state index in [-0.39, 0.29) is 11.3 Å². The minimum atomic E-state index is -0.263. The van der Waals surface area contributed by atoms with Gasteiger partial charge in [0.15, 0.2) is 5.13 Å². The summed E-state index contributed by atoms with van der Waals surface area (Å²) in [6, 6.07) is 5.57. The zero-order chi connectivity index (χ0) is 14.9. The molecule has 6 heteroatoms. The molecule has 0 aliphatic carbocycles. The Morgan fingerprint density at radius 3 is 2.95 bits per heavy atom. The molecular weight excluding hydrogens is 306 g/mol. The van der Waals surface area contributed by atoms with Crippen LogP contribution in [0.1, 0.15) is 26.2 Å². The third kappa shape index (κ3) is 2.91. The van der Waals surface area contributed by atoms with Crippen LogP contribution in [-0.2, 0) is 4.79 Å².